The SMILES string of the molecule is CC(C)(C)c1cnc(CNc2cccc(CO)c2)o1. The van der Waals surface area contributed by atoms with Gasteiger partial charge in [-0.3, -0.25) is 0 Å². The molecule has 2 aromatic rings. The number of benzene rings is 1. The van der Waals surface area contributed by atoms with E-state index >= 15 is 0 Å². The van der Waals surface area contributed by atoms with E-state index in [0.717, 1.165) is 17.0 Å². The van der Waals surface area contributed by atoms with E-state index in [-0.39, 0.29) is 12.0 Å². The maximum absolute atomic E-state index is 9.08. The largest absolute Gasteiger partial charge is 0.443 e. The molecule has 1 heterocycles. The van der Waals surface area contributed by atoms with Crippen LogP contribution in [0, 0.1) is 0 Å². The van der Waals surface area contributed by atoms with Gasteiger partial charge in [-0.15, -0.1) is 0 Å². The molecule has 0 saturated carbocycles. The van der Waals surface area contributed by atoms with Crippen LogP contribution < -0.4 is 5.32 Å². The standard InChI is InChI=1S/C15H20N2O2/c1-15(2,3)13-8-17-14(19-13)9-16-12-6-4-5-11(7-12)10-18/h4-8,16,18H,9-10H2,1-3H3. The Balaban J connectivity index is 2.00. The van der Waals surface area contributed by atoms with E-state index < -0.39 is 0 Å². The molecule has 0 bridgehead atoms. The summed E-state index contributed by atoms with van der Waals surface area (Å²) in [5.74, 6) is 1.55. The molecular weight excluding hydrogens is 240 g/mol. The molecular formula is C15H20N2O2. The minimum absolute atomic E-state index is 0.0257. The molecule has 0 aliphatic carbocycles. The molecule has 102 valence electrons. The third kappa shape index (κ3) is 3.58. The Morgan fingerprint density at radius 3 is 2.74 bits per heavy atom. The highest BCUT2D eigenvalue weighted by atomic mass is 16.4. The van der Waals surface area contributed by atoms with E-state index in [1.165, 1.54) is 0 Å². The molecule has 0 unspecified atom stereocenters. The van der Waals surface area contributed by atoms with Crippen LogP contribution in [-0.2, 0) is 18.6 Å². The molecule has 0 saturated heterocycles. The second kappa shape index (κ2) is 5.45. The predicted molar refractivity (Wildman–Crippen MR) is 74.9 cm³/mol. The lowest BCUT2D eigenvalue weighted by molar-refractivity contribution is 0.282. The Labute approximate surface area is 113 Å². The number of oxazole rings is 1. The fraction of sp³-hybridized carbons (Fsp3) is 0.400. The van der Waals surface area contributed by atoms with E-state index in [9.17, 15) is 0 Å². The van der Waals surface area contributed by atoms with Crippen molar-refractivity contribution < 1.29 is 9.52 Å². The zero-order valence-electron chi connectivity index (χ0n) is 11.6. The molecule has 1 aromatic carbocycles. The molecule has 0 radical (unpaired) electrons. The van der Waals surface area contributed by atoms with E-state index in [1.54, 1.807) is 6.20 Å². The molecule has 1 aromatic heterocycles. The summed E-state index contributed by atoms with van der Waals surface area (Å²) < 4.78 is 5.70. The van der Waals surface area contributed by atoms with Crippen LogP contribution in [0.5, 0.6) is 0 Å². The fourth-order valence-corrected chi connectivity index (χ4v) is 1.70. The van der Waals surface area contributed by atoms with Gasteiger partial charge in [-0.25, -0.2) is 4.98 Å². The average molecular weight is 260 g/mol. The maximum atomic E-state index is 9.08. The highest BCUT2D eigenvalue weighted by Gasteiger charge is 2.18. The summed E-state index contributed by atoms with van der Waals surface area (Å²) in [6.07, 6.45) is 1.78. The molecule has 0 aliphatic rings. The summed E-state index contributed by atoms with van der Waals surface area (Å²) in [6.45, 7) is 6.86. The van der Waals surface area contributed by atoms with Crippen molar-refractivity contribution in [3.63, 3.8) is 0 Å². The molecule has 0 aliphatic heterocycles. The fourth-order valence-electron chi connectivity index (χ4n) is 1.70. The van der Waals surface area contributed by atoms with Crippen molar-refractivity contribution in [2.45, 2.75) is 39.3 Å². The molecule has 0 fully saturated rings. The van der Waals surface area contributed by atoms with Gasteiger partial charge >= 0.3 is 0 Å². The van der Waals surface area contributed by atoms with Crippen molar-refractivity contribution in [3.05, 3.63) is 47.7 Å². The lowest BCUT2D eigenvalue weighted by atomic mass is 9.94. The van der Waals surface area contributed by atoms with Gasteiger partial charge < -0.3 is 14.8 Å². The number of nitrogens with zero attached hydrogens (tertiary/aromatic N) is 1. The zero-order valence-corrected chi connectivity index (χ0v) is 11.6. The number of aliphatic hydroxyl groups is 1. The number of nitrogens with one attached hydrogen (secondary N) is 1. The quantitative estimate of drug-likeness (QED) is 0.887. The van der Waals surface area contributed by atoms with Crippen molar-refractivity contribution in [2.24, 2.45) is 0 Å². The molecule has 0 spiro atoms. The van der Waals surface area contributed by atoms with Gasteiger partial charge in [0.15, 0.2) is 0 Å². The van der Waals surface area contributed by atoms with Gasteiger partial charge in [0.05, 0.1) is 19.3 Å². The van der Waals surface area contributed by atoms with Crippen LogP contribution in [0.1, 0.15) is 38.0 Å². The lowest BCUT2D eigenvalue weighted by Crippen LogP contribution is -2.09. The molecule has 2 N–H and O–H groups in total. The first-order valence-corrected chi connectivity index (χ1v) is 6.38. The van der Waals surface area contributed by atoms with E-state index in [1.807, 2.05) is 24.3 Å². The molecule has 0 amide bonds. The van der Waals surface area contributed by atoms with E-state index in [2.05, 4.69) is 31.1 Å². The molecule has 4 heteroatoms. The number of aromatic nitrogens is 1. The Hall–Kier alpha value is -1.81. The number of hydrogen-bond acceptors (Lipinski definition) is 4. The number of hydrogen-bond donors (Lipinski definition) is 2. The normalized spacial score (nSPS) is 11.6. The van der Waals surface area contributed by atoms with Crippen LogP contribution >= 0.6 is 0 Å². The second-order valence-electron chi connectivity index (χ2n) is 5.58. The highest BCUT2D eigenvalue weighted by Crippen LogP contribution is 2.23. The second-order valence-corrected chi connectivity index (χ2v) is 5.58. The molecule has 4 nitrogen and oxygen atoms in total. The van der Waals surface area contributed by atoms with E-state index in [0.29, 0.717) is 12.4 Å². The van der Waals surface area contributed by atoms with Crippen LogP contribution in [0.2, 0.25) is 0 Å². The summed E-state index contributed by atoms with van der Waals surface area (Å²) >= 11 is 0. The smallest absolute Gasteiger partial charge is 0.213 e. The van der Waals surface area contributed by atoms with Gasteiger partial charge in [0, 0.05) is 11.1 Å². The molecule has 19 heavy (non-hydrogen) atoms. The Bertz CT molecular complexity index is 541. The first-order chi connectivity index (χ1) is 8.99. The summed E-state index contributed by atoms with van der Waals surface area (Å²) in [6, 6.07) is 7.65. The van der Waals surface area contributed by atoms with Crippen LogP contribution in [0.4, 0.5) is 5.69 Å². The minimum Gasteiger partial charge on any atom is -0.443 e. The minimum atomic E-state index is -0.0257. The third-order valence-electron chi connectivity index (χ3n) is 2.85. The van der Waals surface area contributed by atoms with Crippen molar-refractivity contribution in [2.75, 3.05) is 5.32 Å². The number of anilines is 1. The van der Waals surface area contributed by atoms with Crippen molar-refractivity contribution in [1.82, 2.24) is 4.98 Å². The summed E-state index contributed by atoms with van der Waals surface area (Å²) in [5, 5.41) is 12.3. The Morgan fingerprint density at radius 2 is 2.11 bits per heavy atom. The number of rotatable bonds is 4. The van der Waals surface area contributed by atoms with Crippen LogP contribution in [-0.4, -0.2) is 10.1 Å². The maximum Gasteiger partial charge on any atom is 0.213 e. The van der Waals surface area contributed by atoms with Gasteiger partial charge in [0.25, 0.3) is 0 Å². The van der Waals surface area contributed by atoms with Gasteiger partial charge in [0.2, 0.25) is 5.89 Å². The van der Waals surface area contributed by atoms with Crippen LogP contribution in [0.25, 0.3) is 0 Å². The zero-order chi connectivity index (χ0) is 13.9. The third-order valence-corrected chi connectivity index (χ3v) is 2.85. The summed E-state index contributed by atoms with van der Waals surface area (Å²) in [5.41, 5.74) is 1.80. The molecule has 2 rings (SSSR count). The van der Waals surface area contributed by atoms with Crippen LogP contribution in [0.3, 0.4) is 0 Å². The molecule has 0 atom stereocenters. The van der Waals surface area contributed by atoms with Gasteiger partial charge in [-0.05, 0) is 17.7 Å². The first-order valence-electron chi connectivity index (χ1n) is 6.38. The number of aliphatic hydroxyl groups excluding tert-OH is 1. The first kappa shape index (κ1) is 13.6. The highest BCUT2D eigenvalue weighted by molar-refractivity contribution is 5.45. The average Bonchev–Trinajstić information content (AvgIpc) is 2.85. The van der Waals surface area contributed by atoms with Crippen molar-refractivity contribution >= 4 is 5.69 Å². The summed E-state index contributed by atoms with van der Waals surface area (Å²) in [7, 11) is 0. The van der Waals surface area contributed by atoms with Gasteiger partial charge in [0.1, 0.15) is 5.76 Å². The van der Waals surface area contributed by atoms with Crippen molar-refractivity contribution in [1.29, 1.82) is 0 Å². The van der Waals surface area contributed by atoms with Crippen LogP contribution in [0.15, 0.2) is 34.9 Å². The Kier molecular flexibility index (Phi) is 3.90. The van der Waals surface area contributed by atoms with Gasteiger partial charge in [-0.1, -0.05) is 32.9 Å². The summed E-state index contributed by atoms with van der Waals surface area (Å²) in [4.78, 5) is 4.26. The van der Waals surface area contributed by atoms with Gasteiger partial charge in [-0.2, -0.15) is 0 Å². The predicted octanol–water partition coefficient (Wildman–Crippen LogP) is 3.08. The van der Waals surface area contributed by atoms with E-state index in [4.69, 9.17) is 9.52 Å². The Morgan fingerprint density at radius 1 is 1.32 bits per heavy atom. The topological polar surface area (TPSA) is 58.3 Å². The van der Waals surface area contributed by atoms with Crippen molar-refractivity contribution in [3.8, 4) is 0 Å². The lowest BCUT2D eigenvalue weighted by Gasteiger charge is -2.13. The monoisotopic (exact) mass is 260 g/mol.